The number of hydrogen-bond donors (Lipinski definition) is 0. The Labute approximate surface area is 95.1 Å². The SMILES string of the molecule is CS(=O)(=O)OCc1ccc(F)cc1C(F)(F)F. The van der Waals surface area contributed by atoms with Crippen molar-refractivity contribution in [2.24, 2.45) is 0 Å². The zero-order chi connectivity index (χ0) is 13.3. The lowest BCUT2D eigenvalue weighted by Crippen LogP contribution is -2.12. The Hall–Kier alpha value is -1.15. The Bertz CT molecular complexity index is 507. The van der Waals surface area contributed by atoms with Gasteiger partial charge in [-0.2, -0.15) is 21.6 Å². The zero-order valence-corrected chi connectivity index (χ0v) is 9.40. The highest BCUT2D eigenvalue weighted by atomic mass is 32.2. The predicted octanol–water partition coefficient (Wildman–Crippen LogP) is 2.32. The van der Waals surface area contributed by atoms with Gasteiger partial charge in [0.25, 0.3) is 10.1 Å². The third-order valence-corrected chi connectivity index (χ3v) is 2.35. The van der Waals surface area contributed by atoms with E-state index in [4.69, 9.17) is 0 Å². The largest absolute Gasteiger partial charge is 0.416 e. The van der Waals surface area contributed by atoms with E-state index in [1.54, 1.807) is 0 Å². The minimum absolute atomic E-state index is 0.293. The van der Waals surface area contributed by atoms with E-state index in [1.807, 2.05) is 0 Å². The van der Waals surface area contributed by atoms with E-state index < -0.39 is 39.8 Å². The minimum Gasteiger partial charge on any atom is -0.265 e. The van der Waals surface area contributed by atoms with E-state index >= 15 is 0 Å². The predicted molar refractivity (Wildman–Crippen MR) is 51.0 cm³/mol. The summed E-state index contributed by atoms with van der Waals surface area (Å²) in [4.78, 5) is 0. The molecule has 0 aliphatic heterocycles. The fraction of sp³-hybridized carbons (Fsp3) is 0.333. The van der Waals surface area contributed by atoms with Gasteiger partial charge in [0.15, 0.2) is 0 Å². The first-order valence-electron chi connectivity index (χ1n) is 4.29. The second-order valence-corrected chi connectivity index (χ2v) is 4.91. The second-order valence-electron chi connectivity index (χ2n) is 3.27. The third-order valence-electron chi connectivity index (χ3n) is 1.81. The fourth-order valence-electron chi connectivity index (χ4n) is 1.11. The minimum atomic E-state index is -4.77. The molecular formula is C9H8F4O3S. The number of hydrogen-bond acceptors (Lipinski definition) is 3. The first-order valence-corrected chi connectivity index (χ1v) is 6.11. The Balaban J connectivity index is 3.07. The van der Waals surface area contributed by atoms with E-state index in [2.05, 4.69) is 4.18 Å². The number of rotatable bonds is 3. The molecule has 0 heterocycles. The molecule has 0 aliphatic rings. The molecule has 0 N–H and O–H groups in total. The van der Waals surface area contributed by atoms with Crippen molar-refractivity contribution in [3.8, 4) is 0 Å². The number of halogens is 4. The fourth-order valence-corrected chi connectivity index (χ4v) is 1.45. The van der Waals surface area contributed by atoms with Crippen molar-refractivity contribution in [2.45, 2.75) is 12.8 Å². The molecule has 96 valence electrons. The maximum atomic E-state index is 12.7. The summed E-state index contributed by atoms with van der Waals surface area (Å²) < 4.78 is 75.7. The molecule has 0 atom stereocenters. The van der Waals surface area contributed by atoms with E-state index in [9.17, 15) is 26.0 Å². The molecule has 0 saturated heterocycles. The Morgan fingerprint density at radius 2 is 1.88 bits per heavy atom. The Morgan fingerprint density at radius 1 is 1.29 bits per heavy atom. The highest BCUT2D eigenvalue weighted by molar-refractivity contribution is 7.85. The standard InChI is InChI=1S/C9H8F4O3S/c1-17(14,15)16-5-6-2-3-7(10)4-8(6)9(11,12)13/h2-4H,5H2,1H3. The molecule has 0 aromatic heterocycles. The van der Waals surface area contributed by atoms with Gasteiger partial charge in [-0.15, -0.1) is 0 Å². The van der Waals surface area contributed by atoms with Gasteiger partial charge in [-0.25, -0.2) is 4.39 Å². The topological polar surface area (TPSA) is 43.4 Å². The summed E-state index contributed by atoms with van der Waals surface area (Å²) in [7, 11) is -3.86. The van der Waals surface area contributed by atoms with Gasteiger partial charge >= 0.3 is 6.18 Å². The molecule has 0 unspecified atom stereocenters. The normalized spacial score (nSPS) is 12.8. The van der Waals surface area contributed by atoms with Crippen LogP contribution in [0.25, 0.3) is 0 Å². The van der Waals surface area contributed by atoms with Crippen LogP contribution in [0.1, 0.15) is 11.1 Å². The summed E-state index contributed by atoms with van der Waals surface area (Å²) in [6, 6.07) is 1.93. The van der Waals surface area contributed by atoms with Crippen LogP contribution in [0.15, 0.2) is 18.2 Å². The van der Waals surface area contributed by atoms with Crippen molar-refractivity contribution in [1.82, 2.24) is 0 Å². The average Bonchev–Trinajstić information content (AvgIpc) is 2.13. The molecule has 0 radical (unpaired) electrons. The van der Waals surface area contributed by atoms with Crippen molar-refractivity contribution in [3.05, 3.63) is 35.1 Å². The summed E-state index contributed by atoms with van der Waals surface area (Å²) >= 11 is 0. The quantitative estimate of drug-likeness (QED) is 0.626. The molecule has 0 aliphatic carbocycles. The summed E-state index contributed by atoms with van der Waals surface area (Å²) in [5.41, 5.74) is -1.69. The third kappa shape index (κ3) is 4.31. The van der Waals surface area contributed by atoms with Crippen molar-refractivity contribution < 1.29 is 30.2 Å². The highest BCUT2D eigenvalue weighted by Crippen LogP contribution is 2.32. The van der Waals surface area contributed by atoms with Gasteiger partial charge in [-0.3, -0.25) is 4.18 Å². The zero-order valence-electron chi connectivity index (χ0n) is 8.58. The molecule has 1 aromatic rings. The van der Waals surface area contributed by atoms with Gasteiger partial charge in [0.05, 0.1) is 18.4 Å². The summed E-state index contributed by atoms with van der Waals surface area (Å²) in [5.74, 6) is -1.06. The number of alkyl halides is 3. The molecule has 17 heavy (non-hydrogen) atoms. The van der Waals surface area contributed by atoms with Crippen LogP contribution < -0.4 is 0 Å². The van der Waals surface area contributed by atoms with Crippen molar-refractivity contribution in [1.29, 1.82) is 0 Å². The van der Waals surface area contributed by atoms with Crippen LogP contribution in [-0.4, -0.2) is 14.7 Å². The first kappa shape index (κ1) is 13.9. The Morgan fingerprint density at radius 3 is 2.35 bits per heavy atom. The summed E-state index contributed by atoms with van der Waals surface area (Å²) in [5, 5.41) is 0. The Kier molecular flexibility index (Phi) is 3.78. The average molecular weight is 272 g/mol. The van der Waals surface area contributed by atoms with Crippen molar-refractivity contribution in [3.63, 3.8) is 0 Å². The molecule has 0 saturated carbocycles. The molecule has 0 fully saturated rings. The highest BCUT2D eigenvalue weighted by Gasteiger charge is 2.33. The lowest BCUT2D eigenvalue weighted by Gasteiger charge is -2.12. The molecule has 8 heteroatoms. The lowest BCUT2D eigenvalue weighted by molar-refractivity contribution is -0.138. The van der Waals surface area contributed by atoms with Gasteiger partial charge < -0.3 is 0 Å². The van der Waals surface area contributed by atoms with Gasteiger partial charge in [0, 0.05) is 0 Å². The molecule has 1 aromatic carbocycles. The van der Waals surface area contributed by atoms with Crippen molar-refractivity contribution in [2.75, 3.05) is 6.26 Å². The second kappa shape index (κ2) is 4.61. The van der Waals surface area contributed by atoms with Crippen molar-refractivity contribution >= 4 is 10.1 Å². The van der Waals surface area contributed by atoms with Gasteiger partial charge in [0.1, 0.15) is 5.82 Å². The van der Waals surface area contributed by atoms with Crippen LogP contribution in [-0.2, 0) is 27.1 Å². The molecule has 1 rings (SSSR count). The molecule has 0 spiro atoms. The van der Waals surface area contributed by atoms with Crippen LogP contribution >= 0.6 is 0 Å². The molecular weight excluding hydrogens is 264 g/mol. The van der Waals surface area contributed by atoms with Gasteiger partial charge in [-0.1, -0.05) is 6.07 Å². The van der Waals surface area contributed by atoms with Gasteiger partial charge in [-0.05, 0) is 17.7 Å². The lowest BCUT2D eigenvalue weighted by atomic mass is 10.1. The maximum Gasteiger partial charge on any atom is 0.416 e. The van der Waals surface area contributed by atoms with Crippen LogP contribution in [0.5, 0.6) is 0 Å². The van der Waals surface area contributed by atoms with E-state index in [1.165, 1.54) is 0 Å². The van der Waals surface area contributed by atoms with Crippen LogP contribution in [0, 0.1) is 5.82 Å². The number of benzene rings is 1. The maximum absolute atomic E-state index is 12.7. The van der Waals surface area contributed by atoms with E-state index in [0.717, 1.165) is 12.1 Å². The van der Waals surface area contributed by atoms with Gasteiger partial charge in [0.2, 0.25) is 0 Å². The van der Waals surface area contributed by atoms with Crippen LogP contribution in [0.2, 0.25) is 0 Å². The summed E-state index contributed by atoms with van der Waals surface area (Å²) in [6.07, 6.45) is -4.05. The molecule has 0 amide bonds. The van der Waals surface area contributed by atoms with Crippen LogP contribution in [0.3, 0.4) is 0 Å². The summed E-state index contributed by atoms with van der Waals surface area (Å²) in [6.45, 7) is -0.784. The molecule has 0 bridgehead atoms. The first-order chi connectivity index (χ1) is 7.59. The van der Waals surface area contributed by atoms with Crippen LogP contribution in [0.4, 0.5) is 17.6 Å². The van der Waals surface area contributed by atoms with E-state index in [0.29, 0.717) is 12.3 Å². The molecule has 3 nitrogen and oxygen atoms in total. The monoisotopic (exact) mass is 272 g/mol. The van der Waals surface area contributed by atoms with E-state index in [-0.39, 0.29) is 0 Å². The smallest absolute Gasteiger partial charge is 0.265 e.